The third kappa shape index (κ3) is 3.51. The van der Waals surface area contributed by atoms with Gasteiger partial charge >= 0.3 is 0 Å². The maximum Gasteiger partial charge on any atom is 0.199 e. The molecule has 2 bridgehead atoms. The molecule has 0 amide bonds. The van der Waals surface area contributed by atoms with Crippen LogP contribution in [0.5, 0.6) is 0 Å². The zero-order valence-corrected chi connectivity index (χ0v) is 28.0. The topological polar surface area (TPSA) is 158 Å². The van der Waals surface area contributed by atoms with E-state index in [-0.39, 0.29) is 52.8 Å². The number of aliphatic hydroxyl groups excluding tert-OH is 5. The lowest BCUT2D eigenvalue weighted by atomic mass is 9.40. The minimum atomic E-state index is -1.32. The Bertz CT molecular complexity index is 1240. The van der Waals surface area contributed by atoms with E-state index in [0.717, 1.165) is 38.5 Å². The molecule has 0 aromatic rings. The third-order valence-electron chi connectivity index (χ3n) is 15.9. The van der Waals surface area contributed by atoms with Crippen molar-refractivity contribution in [3.63, 3.8) is 0 Å². The smallest absolute Gasteiger partial charge is 0.199 e. The van der Waals surface area contributed by atoms with Crippen LogP contribution in [-0.4, -0.2) is 104 Å². The predicted octanol–water partition coefficient (Wildman–Crippen LogP) is 2.09. The summed E-state index contributed by atoms with van der Waals surface area (Å²) in [7, 11) is 0. The van der Waals surface area contributed by atoms with Crippen molar-refractivity contribution in [2.24, 2.45) is 50.7 Å². The first-order valence-corrected chi connectivity index (χ1v) is 17.6. The highest BCUT2D eigenvalue weighted by atomic mass is 16.8. The van der Waals surface area contributed by atoms with Gasteiger partial charge in [0.05, 0.1) is 30.5 Å². The maximum atomic E-state index is 12.7. The van der Waals surface area contributed by atoms with Gasteiger partial charge in [0.25, 0.3) is 0 Å². The van der Waals surface area contributed by atoms with E-state index in [0.29, 0.717) is 12.3 Å². The van der Waals surface area contributed by atoms with E-state index < -0.39 is 65.1 Å². The first kappa shape index (κ1) is 31.8. The Morgan fingerprint density at radius 2 is 1.53 bits per heavy atom. The Kier molecular flexibility index (Phi) is 6.53. The van der Waals surface area contributed by atoms with Gasteiger partial charge in [0, 0.05) is 16.7 Å². The predicted molar refractivity (Wildman–Crippen MR) is 160 cm³/mol. The van der Waals surface area contributed by atoms with E-state index in [9.17, 15) is 30.6 Å². The fourth-order valence-corrected chi connectivity index (χ4v) is 14.0. The maximum absolute atomic E-state index is 12.7. The van der Waals surface area contributed by atoms with E-state index in [2.05, 4.69) is 34.6 Å². The summed E-state index contributed by atoms with van der Waals surface area (Å²) in [6, 6.07) is 0. The van der Waals surface area contributed by atoms with Gasteiger partial charge in [-0.15, -0.1) is 0 Å². The summed E-state index contributed by atoms with van der Waals surface area (Å²) in [5.41, 5.74) is -2.78. The quantitative estimate of drug-likeness (QED) is 0.254. The summed E-state index contributed by atoms with van der Waals surface area (Å²) in [5.74, 6) is -0.820. The van der Waals surface area contributed by atoms with Gasteiger partial charge in [-0.05, 0) is 92.8 Å². The first-order chi connectivity index (χ1) is 20.8. The molecule has 10 nitrogen and oxygen atoms in total. The van der Waals surface area contributed by atoms with E-state index in [4.69, 9.17) is 18.9 Å². The molecule has 6 N–H and O–H groups in total. The number of aliphatic hydroxyl groups is 6. The highest BCUT2D eigenvalue weighted by Gasteiger charge is 2.89. The molecule has 3 heterocycles. The van der Waals surface area contributed by atoms with Crippen LogP contribution in [0.2, 0.25) is 0 Å². The summed E-state index contributed by atoms with van der Waals surface area (Å²) >= 11 is 0. The van der Waals surface area contributed by atoms with Crippen molar-refractivity contribution >= 4 is 0 Å². The highest BCUT2D eigenvalue weighted by Crippen LogP contribution is 2.90. The average Bonchev–Trinajstić information content (AvgIpc) is 3.44. The van der Waals surface area contributed by atoms with Crippen molar-refractivity contribution in [1.82, 2.24) is 0 Å². The monoisotopic (exact) mass is 636 g/mol. The van der Waals surface area contributed by atoms with Gasteiger partial charge in [-0.1, -0.05) is 34.6 Å². The van der Waals surface area contributed by atoms with E-state index in [1.165, 1.54) is 0 Å². The van der Waals surface area contributed by atoms with Gasteiger partial charge in [0.15, 0.2) is 12.1 Å². The second-order valence-corrected chi connectivity index (χ2v) is 18.4. The van der Waals surface area contributed by atoms with Gasteiger partial charge in [-0.25, -0.2) is 0 Å². The second-order valence-electron chi connectivity index (χ2n) is 18.4. The number of hydrogen-bond acceptors (Lipinski definition) is 10. The number of rotatable bonds is 3. The van der Waals surface area contributed by atoms with Crippen LogP contribution in [0, 0.1) is 50.7 Å². The molecule has 256 valence electrons. The van der Waals surface area contributed by atoms with Gasteiger partial charge in [0.1, 0.15) is 30.5 Å². The van der Waals surface area contributed by atoms with Gasteiger partial charge in [-0.2, -0.15) is 0 Å². The molecular weight excluding hydrogens is 580 g/mol. The van der Waals surface area contributed by atoms with E-state index in [1.54, 1.807) is 13.8 Å². The molecule has 0 aromatic carbocycles. The largest absolute Gasteiger partial charge is 0.393 e. The first-order valence-electron chi connectivity index (χ1n) is 17.6. The van der Waals surface area contributed by atoms with Gasteiger partial charge < -0.3 is 49.6 Å². The minimum absolute atomic E-state index is 0.0126. The molecule has 8 fully saturated rings. The van der Waals surface area contributed by atoms with Crippen molar-refractivity contribution in [1.29, 1.82) is 0 Å². The van der Waals surface area contributed by atoms with Crippen molar-refractivity contribution in [2.75, 3.05) is 6.61 Å². The molecule has 3 saturated heterocycles. The lowest BCUT2D eigenvalue weighted by Crippen LogP contribution is -2.64. The van der Waals surface area contributed by atoms with Crippen LogP contribution in [0.25, 0.3) is 0 Å². The third-order valence-corrected chi connectivity index (χ3v) is 15.9. The summed E-state index contributed by atoms with van der Waals surface area (Å²) in [4.78, 5) is 0. The fraction of sp³-hybridized carbons (Fsp3) is 1.00. The Labute approximate surface area is 266 Å². The Morgan fingerprint density at radius 3 is 2.22 bits per heavy atom. The van der Waals surface area contributed by atoms with Crippen LogP contribution in [0.3, 0.4) is 0 Å². The Hall–Kier alpha value is -0.400. The van der Waals surface area contributed by atoms with Crippen LogP contribution >= 0.6 is 0 Å². The fourth-order valence-electron chi connectivity index (χ4n) is 14.0. The average molecular weight is 637 g/mol. The SMILES string of the molecule is C[C@@H]1C[C@H]2O[C@@]3(O[C@H]2C(C)(C)O)[C@H](O)[C@@]2(C)[C@@H]4CC[C@@H]5C(C)(C)[C@@H](O[C@@H]6OC[C@@H](O)[C@H](O)[C@H]6O)CC[C@]56C[C@]46C[C@@H](O)[C@@]2(C)[C@@H]13. The van der Waals surface area contributed by atoms with Crippen LogP contribution in [0.1, 0.15) is 93.4 Å². The molecule has 8 rings (SSSR count). The van der Waals surface area contributed by atoms with Crippen molar-refractivity contribution in [3.8, 4) is 0 Å². The zero-order valence-electron chi connectivity index (χ0n) is 28.0. The highest BCUT2D eigenvalue weighted by molar-refractivity contribution is 5.36. The van der Waals surface area contributed by atoms with E-state index in [1.807, 2.05) is 0 Å². The van der Waals surface area contributed by atoms with Crippen molar-refractivity contribution in [2.45, 2.75) is 160 Å². The molecule has 5 saturated carbocycles. The molecule has 5 aliphatic carbocycles. The molecule has 3 spiro atoms. The van der Waals surface area contributed by atoms with Crippen molar-refractivity contribution < 1.29 is 49.6 Å². The van der Waals surface area contributed by atoms with E-state index >= 15 is 0 Å². The van der Waals surface area contributed by atoms with Crippen LogP contribution in [0.4, 0.5) is 0 Å². The molecule has 0 aromatic heterocycles. The zero-order chi connectivity index (χ0) is 32.5. The molecular formula is C35H56O10. The summed E-state index contributed by atoms with van der Waals surface area (Å²) in [6.07, 6.45) is -1.40. The van der Waals surface area contributed by atoms with Gasteiger partial charge in [-0.3, -0.25) is 0 Å². The van der Waals surface area contributed by atoms with Gasteiger partial charge in [0.2, 0.25) is 0 Å². The lowest BCUT2D eigenvalue weighted by molar-refractivity contribution is -0.304. The molecule has 10 heteroatoms. The Morgan fingerprint density at radius 1 is 0.844 bits per heavy atom. The summed E-state index contributed by atoms with van der Waals surface area (Å²) < 4.78 is 25.6. The minimum Gasteiger partial charge on any atom is -0.393 e. The molecule has 8 aliphatic rings. The number of fused-ring (bicyclic) bond motifs is 4. The lowest BCUT2D eigenvalue weighted by Gasteiger charge is -2.65. The normalized spacial score (nSPS) is 62.7. The summed E-state index contributed by atoms with van der Waals surface area (Å²) in [5, 5.41) is 67.0. The van der Waals surface area contributed by atoms with Crippen LogP contribution in [0.15, 0.2) is 0 Å². The van der Waals surface area contributed by atoms with Crippen LogP contribution < -0.4 is 0 Å². The van der Waals surface area contributed by atoms with Crippen LogP contribution in [-0.2, 0) is 18.9 Å². The second kappa shape index (κ2) is 9.23. The number of ether oxygens (including phenoxy) is 4. The molecule has 3 aliphatic heterocycles. The summed E-state index contributed by atoms with van der Waals surface area (Å²) in [6.45, 7) is 14.5. The molecule has 0 radical (unpaired) electrons. The Balaban J connectivity index is 1.12. The molecule has 18 atom stereocenters. The standard InChI is InChI=1S/C35H56O10/c1-16-12-18-26(30(4,5)41)45-35(44-18)25(16)32(7)21(37)13-34-15-33(34)11-10-22(43-27-24(39)23(38)17(36)14-42-27)29(2,3)19(33)8-9-20(34)31(32,6)28(35)40/h16-28,36-41H,8-15H2,1-7H3/t16-,17-,18-,19-,20+,21-,22+,23+,24-,25-,26-,27+,28-,31-,32+,33+,34-,35+/m1/s1. The van der Waals surface area contributed by atoms with Crippen molar-refractivity contribution in [3.05, 3.63) is 0 Å². The molecule has 0 unspecified atom stereocenters. The molecule has 45 heavy (non-hydrogen) atoms. The number of hydrogen-bond donors (Lipinski definition) is 6.